The average molecular weight is 248 g/mol. The smallest absolute Gasteiger partial charge is 0.0730 e. The molecule has 0 aliphatic heterocycles. The van der Waals surface area contributed by atoms with Gasteiger partial charge in [0.2, 0.25) is 0 Å². The Morgan fingerprint density at radius 1 is 1.00 bits per heavy atom. The zero-order valence-electron chi connectivity index (χ0n) is 10.9. The van der Waals surface area contributed by atoms with Crippen LogP contribution in [0.5, 0.6) is 0 Å². The highest BCUT2D eigenvalue weighted by molar-refractivity contribution is 5.93. The molecule has 0 radical (unpaired) electrons. The first kappa shape index (κ1) is 11.7. The van der Waals surface area contributed by atoms with E-state index in [2.05, 4.69) is 25.1 Å². The van der Waals surface area contributed by atoms with E-state index in [1.165, 1.54) is 5.56 Å². The molecule has 3 rings (SSSR count). The van der Waals surface area contributed by atoms with Crippen LogP contribution in [0, 0.1) is 0 Å². The SMILES string of the molecule is CCc1ccc2nc(-c3ccccc3)cc(N)c2c1. The number of hydrogen-bond acceptors (Lipinski definition) is 2. The Morgan fingerprint density at radius 3 is 2.53 bits per heavy atom. The van der Waals surface area contributed by atoms with Gasteiger partial charge in [-0.25, -0.2) is 4.98 Å². The Balaban J connectivity index is 2.20. The van der Waals surface area contributed by atoms with E-state index in [4.69, 9.17) is 10.7 Å². The standard InChI is InChI=1S/C17H16N2/c1-2-12-8-9-16-14(10-12)15(18)11-17(19-16)13-6-4-3-5-7-13/h3-11H,2H2,1H3,(H2,18,19). The molecule has 0 unspecified atom stereocenters. The Morgan fingerprint density at radius 2 is 1.79 bits per heavy atom. The summed E-state index contributed by atoms with van der Waals surface area (Å²) in [5, 5.41) is 1.04. The van der Waals surface area contributed by atoms with Crippen molar-refractivity contribution in [3.05, 3.63) is 60.2 Å². The van der Waals surface area contributed by atoms with E-state index < -0.39 is 0 Å². The number of aromatic nitrogens is 1. The summed E-state index contributed by atoms with van der Waals surface area (Å²) in [6, 6.07) is 18.4. The van der Waals surface area contributed by atoms with Gasteiger partial charge in [0, 0.05) is 16.6 Å². The summed E-state index contributed by atoms with van der Waals surface area (Å²) in [5.41, 5.74) is 11.2. The monoisotopic (exact) mass is 248 g/mol. The first-order valence-electron chi connectivity index (χ1n) is 6.52. The molecule has 94 valence electrons. The van der Waals surface area contributed by atoms with Crippen LogP contribution in [-0.2, 0) is 6.42 Å². The predicted octanol–water partition coefficient (Wildman–Crippen LogP) is 4.05. The zero-order chi connectivity index (χ0) is 13.2. The number of rotatable bonds is 2. The van der Waals surface area contributed by atoms with Gasteiger partial charge in [0.15, 0.2) is 0 Å². The third-order valence-electron chi connectivity index (χ3n) is 3.38. The van der Waals surface area contributed by atoms with Gasteiger partial charge in [-0.05, 0) is 30.2 Å². The van der Waals surface area contributed by atoms with Gasteiger partial charge >= 0.3 is 0 Å². The molecule has 2 heteroatoms. The van der Waals surface area contributed by atoms with E-state index in [1.54, 1.807) is 0 Å². The van der Waals surface area contributed by atoms with E-state index in [9.17, 15) is 0 Å². The fourth-order valence-corrected chi connectivity index (χ4v) is 2.28. The van der Waals surface area contributed by atoms with Crippen LogP contribution in [0.15, 0.2) is 54.6 Å². The minimum Gasteiger partial charge on any atom is -0.398 e. The number of hydrogen-bond donors (Lipinski definition) is 1. The first-order chi connectivity index (χ1) is 9.28. The van der Waals surface area contributed by atoms with Gasteiger partial charge in [0.05, 0.1) is 11.2 Å². The largest absolute Gasteiger partial charge is 0.398 e. The third-order valence-corrected chi connectivity index (χ3v) is 3.38. The lowest BCUT2D eigenvalue weighted by molar-refractivity contribution is 1.14. The van der Waals surface area contributed by atoms with Crippen LogP contribution >= 0.6 is 0 Å². The summed E-state index contributed by atoms with van der Waals surface area (Å²) in [6.45, 7) is 2.14. The first-order valence-corrected chi connectivity index (χ1v) is 6.52. The highest BCUT2D eigenvalue weighted by Crippen LogP contribution is 2.27. The highest BCUT2D eigenvalue weighted by atomic mass is 14.7. The second-order valence-corrected chi connectivity index (χ2v) is 4.67. The van der Waals surface area contributed by atoms with Crippen LogP contribution in [0.2, 0.25) is 0 Å². The van der Waals surface area contributed by atoms with Crippen molar-refractivity contribution in [1.29, 1.82) is 0 Å². The number of benzene rings is 2. The highest BCUT2D eigenvalue weighted by Gasteiger charge is 2.05. The Bertz CT molecular complexity index is 718. The number of nitrogens with two attached hydrogens (primary N) is 1. The molecule has 0 fully saturated rings. The number of anilines is 1. The van der Waals surface area contributed by atoms with Crippen LogP contribution in [0.1, 0.15) is 12.5 Å². The fraction of sp³-hybridized carbons (Fsp3) is 0.118. The van der Waals surface area contributed by atoms with Crippen molar-refractivity contribution in [1.82, 2.24) is 4.98 Å². The second kappa shape index (κ2) is 4.73. The molecule has 0 amide bonds. The van der Waals surface area contributed by atoms with Crippen molar-refractivity contribution < 1.29 is 0 Å². The van der Waals surface area contributed by atoms with Crippen LogP contribution in [-0.4, -0.2) is 4.98 Å². The Hall–Kier alpha value is -2.35. The van der Waals surface area contributed by atoms with Gasteiger partial charge in [-0.1, -0.05) is 43.3 Å². The molecule has 3 aromatic rings. The lowest BCUT2D eigenvalue weighted by atomic mass is 10.1. The summed E-state index contributed by atoms with van der Waals surface area (Å²) in [5.74, 6) is 0. The normalized spacial score (nSPS) is 10.8. The number of nitrogens with zero attached hydrogens (tertiary/aromatic N) is 1. The third kappa shape index (κ3) is 2.17. The van der Waals surface area contributed by atoms with E-state index >= 15 is 0 Å². The lowest BCUT2D eigenvalue weighted by Crippen LogP contribution is -1.93. The van der Waals surface area contributed by atoms with Gasteiger partial charge < -0.3 is 5.73 Å². The quantitative estimate of drug-likeness (QED) is 0.743. The summed E-state index contributed by atoms with van der Waals surface area (Å²) in [4.78, 5) is 4.70. The summed E-state index contributed by atoms with van der Waals surface area (Å²) in [7, 11) is 0. The number of nitrogen functional groups attached to an aromatic ring is 1. The predicted molar refractivity (Wildman–Crippen MR) is 81.0 cm³/mol. The van der Waals surface area contributed by atoms with Crippen molar-refractivity contribution in [2.24, 2.45) is 0 Å². The maximum atomic E-state index is 6.18. The number of aryl methyl sites for hydroxylation is 1. The molecule has 0 saturated carbocycles. The van der Waals surface area contributed by atoms with Gasteiger partial charge in [-0.3, -0.25) is 0 Å². The molecule has 1 heterocycles. The van der Waals surface area contributed by atoms with E-state index in [-0.39, 0.29) is 0 Å². The summed E-state index contributed by atoms with van der Waals surface area (Å²) in [6.07, 6.45) is 1.01. The van der Waals surface area contributed by atoms with Crippen LogP contribution < -0.4 is 5.73 Å². The van der Waals surface area contributed by atoms with Gasteiger partial charge in [0.25, 0.3) is 0 Å². The molecule has 0 atom stereocenters. The molecule has 0 aliphatic rings. The van der Waals surface area contributed by atoms with Crippen molar-refractivity contribution in [3.8, 4) is 11.3 Å². The fourth-order valence-electron chi connectivity index (χ4n) is 2.28. The second-order valence-electron chi connectivity index (χ2n) is 4.67. The molecule has 1 aromatic heterocycles. The van der Waals surface area contributed by atoms with Crippen LogP contribution in [0.3, 0.4) is 0 Å². The van der Waals surface area contributed by atoms with Crippen LogP contribution in [0.4, 0.5) is 5.69 Å². The number of fused-ring (bicyclic) bond motifs is 1. The van der Waals surface area contributed by atoms with Crippen molar-refractivity contribution in [2.75, 3.05) is 5.73 Å². The number of pyridine rings is 1. The Kier molecular flexibility index (Phi) is 2.92. The summed E-state index contributed by atoms with van der Waals surface area (Å²) >= 11 is 0. The zero-order valence-corrected chi connectivity index (χ0v) is 10.9. The maximum absolute atomic E-state index is 6.18. The van der Waals surface area contributed by atoms with Gasteiger partial charge in [-0.15, -0.1) is 0 Å². The van der Waals surface area contributed by atoms with E-state index in [1.807, 2.05) is 36.4 Å². The molecule has 0 spiro atoms. The molecule has 0 aliphatic carbocycles. The molecule has 2 N–H and O–H groups in total. The van der Waals surface area contributed by atoms with Crippen molar-refractivity contribution in [2.45, 2.75) is 13.3 Å². The van der Waals surface area contributed by atoms with E-state index in [0.29, 0.717) is 0 Å². The molecular formula is C17H16N2. The lowest BCUT2D eigenvalue weighted by Gasteiger charge is -2.08. The molecule has 2 nitrogen and oxygen atoms in total. The molecular weight excluding hydrogens is 232 g/mol. The molecule has 2 aromatic carbocycles. The average Bonchev–Trinajstić information content (AvgIpc) is 2.48. The van der Waals surface area contributed by atoms with Crippen molar-refractivity contribution in [3.63, 3.8) is 0 Å². The summed E-state index contributed by atoms with van der Waals surface area (Å²) < 4.78 is 0. The maximum Gasteiger partial charge on any atom is 0.0730 e. The van der Waals surface area contributed by atoms with Crippen molar-refractivity contribution >= 4 is 16.6 Å². The molecule has 0 saturated heterocycles. The molecule has 19 heavy (non-hydrogen) atoms. The molecule has 0 bridgehead atoms. The van der Waals surface area contributed by atoms with E-state index in [0.717, 1.165) is 34.3 Å². The van der Waals surface area contributed by atoms with Gasteiger partial charge in [-0.2, -0.15) is 0 Å². The minimum absolute atomic E-state index is 0.791. The minimum atomic E-state index is 0.791. The topological polar surface area (TPSA) is 38.9 Å². The Labute approximate surface area is 112 Å². The van der Waals surface area contributed by atoms with Crippen LogP contribution in [0.25, 0.3) is 22.2 Å². The van der Waals surface area contributed by atoms with Gasteiger partial charge in [0.1, 0.15) is 0 Å².